The summed E-state index contributed by atoms with van der Waals surface area (Å²) < 4.78 is 3.92. The Morgan fingerprint density at radius 2 is 2.00 bits per heavy atom. The summed E-state index contributed by atoms with van der Waals surface area (Å²) in [5.74, 6) is 0. The molecule has 0 aliphatic heterocycles. The van der Waals surface area contributed by atoms with Gasteiger partial charge in [0.1, 0.15) is 0 Å². The van der Waals surface area contributed by atoms with Gasteiger partial charge in [-0.2, -0.15) is 4.68 Å². The Kier molecular flexibility index (Phi) is 4.38. The van der Waals surface area contributed by atoms with Crippen molar-refractivity contribution >= 4 is 23.2 Å². The molecular weight excluding hydrogens is 218 g/mol. The lowest BCUT2D eigenvalue weighted by atomic mass is 10.4. The Morgan fingerprint density at radius 1 is 1.50 bits per heavy atom. The molecule has 0 aliphatic carbocycles. The topological polar surface area (TPSA) is 8.81 Å². The largest absolute Gasteiger partial charge is 1.00 e. The summed E-state index contributed by atoms with van der Waals surface area (Å²) in [5.41, 5.74) is 2.07. The minimum atomic E-state index is -0.445. The first-order chi connectivity index (χ1) is 5.04. The maximum Gasteiger partial charge on any atom is 0.240 e. The van der Waals surface area contributed by atoms with Gasteiger partial charge in [0.05, 0.1) is 12.7 Å². The molecule has 0 saturated heterocycles. The number of nitrogens with zero attached hydrogens (tertiary/aromatic N) is 2. The molecule has 0 amide bonds. The zero-order valence-electron chi connectivity index (χ0n) is 7.18. The van der Waals surface area contributed by atoms with Crippen molar-refractivity contribution in [2.45, 2.75) is 11.8 Å². The van der Waals surface area contributed by atoms with Crippen molar-refractivity contribution < 1.29 is 17.1 Å². The number of rotatable bonds is 1. The quantitative estimate of drug-likeness (QED) is 0.415. The van der Waals surface area contributed by atoms with E-state index in [1.165, 1.54) is 0 Å². The maximum absolute atomic E-state index is 5.72. The lowest BCUT2D eigenvalue weighted by Crippen LogP contribution is -3.00. The molecule has 1 heterocycles. The average Bonchev–Trinajstić information content (AvgIpc) is 2.17. The molecule has 12 heavy (non-hydrogen) atoms. The molecule has 1 aromatic rings. The van der Waals surface area contributed by atoms with Crippen LogP contribution in [-0.2, 0) is 14.1 Å². The van der Waals surface area contributed by atoms with Crippen LogP contribution in [0.15, 0.2) is 6.07 Å². The maximum atomic E-state index is 5.72. The number of hydrogen-bond acceptors (Lipinski definition) is 0. The first kappa shape index (κ1) is 12.1. The minimum absolute atomic E-state index is 0. The van der Waals surface area contributed by atoms with Crippen molar-refractivity contribution in [1.82, 2.24) is 4.68 Å². The third-order valence-electron chi connectivity index (χ3n) is 1.91. The third kappa shape index (κ3) is 2.06. The highest BCUT2D eigenvalue weighted by Gasteiger charge is 2.19. The Balaban J connectivity index is 0.00000121. The smallest absolute Gasteiger partial charge is 0.240 e. The first-order valence-corrected chi connectivity index (χ1v) is 4.22. The van der Waals surface area contributed by atoms with Gasteiger partial charge in [0.15, 0.2) is 11.9 Å². The highest BCUT2D eigenvalue weighted by Crippen LogP contribution is 2.21. The van der Waals surface area contributed by atoms with Gasteiger partial charge in [-0.05, 0) is 6.92 Å². The second-order valence-electron chi connectivity index (χ2n) is 2.56. The molecule has 1 rings (SSSR count). The van der Waals surface area contributed by atoms with Crippen LogP contribution in [-0.4, -0.2) is 4.68 Å². The van der Waals surface area contributed by atoms with E-state index in [2.05, 4.69) is 0 Å². The number of halogens is 3. The van der Waals surface area contributed by atoms with Gasteiger partial charge in [0, 0.05) is 6.07 Å². The van der Waals surface area contributed by atoms with E-state index in [9.17, 15) is 0 Å². The summed E-state index contributed by atoms with van der Waals surface area (Å²) in [7, 11) is 3.90. The van der Waals surface area contributed by atoms with Crippen LogP contribution in [0, 0.1) is 6.92 Å². The van der Waals surface area contributed by atoms with Crippen LogP contribution < -0.4 is 17.1 Å². The van der Waals surface area contributed by atoms with Crippen molar-refractivity contribution in [1.29, 1.82) is 0 Å². The van der Waals surface area contributed by atoms with Gasteiger partial charge in [0.25, 0.3) is 0 Å². The van der Waals surface area contributed by atoms with Crippen LogP contribution in [0.2, 0.25) is 0 Å². The van der Waals surface area contributed by atoms with E-state index in [1.54, 1.807) is 0 Å². The highest BCUT2D eigenvalue weighted by atomic mass is 35.5. The summed E-state index contributed by atoms with van der Waals surface area (Å²) in [5, 5.41) is 0. The standard InChI is InChI=1S/C7H11Cl2N2.ClH/c1-5-4-6(7(8)9)11(3)10(5)2;/h4,7H,1-3H3;1H/q+1;/p-1. The fourth-order valence-electron chi connectivity index (χ4n) is 1.01. The van der Waals surface area contributed by atoms with Gasteiger partial charge in [-0.15, -0.1) is 4.68 Å². The van der Waals surface area contributed by atoms with E-state index >= 15 is 0 Å². The van der Waals surface area contributed by atoms with Crippen LogP contribution in [0.3, 0.4) is 0 Å². The first-order valence-electron chi connectivity index (χ1n) is 3.34. The van der Waals surface area contributed by atoms with Crippen LogP contribution in [0.25, 0.3) is 0 Å². The van der Waals surface area contributed by atoms with Gasteiger partial charge in [-0.3, -0.25) is 0 Å². The van der Waals surface area contributed by atoms with E-state index in [0.717, 1.165) is 11.4 Å². The van der Waals surface area contributed by atoms with Crippen LogP contribution in [0.4, 0.5) is 0 Å². The summed E-state index contributed by atoms with van der Waals surface area (Å²) in [4.78, 5) is -0.445. The highest BCUT2D eigenvalue weighted by molar-refractivity contribution is 6.43. The van der Waals surface area contributed by atoms with Crippen LogP contribution in [0.1, 0.15) is 16.2 Å². The molecule has 0 spiro atoms. The molecule has 0 saturated carbocycles. The fraction of sp³-hybridized carbons (Fsp3) is 0.571. The lowest BCUT2D eigenvalue weighted by Gasteiger charge is -1.94. The van der Waals surface area contributed by atoms with Gasteiger partial charge < -0.3 is 12.4 Å². The molecule has 0 aromatic carbocycles. The molecule has 0 fully saturated rings. The molecule has 0 radical (unpaired) electrons. The second kappa shape index (κ2) is 4.35. The van der Waals surface area contributed by atoms with Gasteiger partial charge in [-0.25, -0.2) is 0 Å². The van der Waals surface area contributed by atoms with Gasteiger partial charge in [-0.1, -0.05) is 23.2 Å². The van der Waals surface area contributed by atoms with E-state index in [-0.39, 0.29) is 12.4 Å². The molecule has 2 nitrogen and oxygen atoms in total. The van der Waals surface area contributed by atoms with Crippen LogP contribution >= 0.6 is 23.2 Å². The Morgan fingerprint density at radius 3 is 2.17 bits per heavy atom. The van der Waals surface area contributed by atoms with E-state index in [4.69, 9.17) is 23.2 Å². The second-order valence-corrected chi connectivity index (χ2v) is 3.65. The lowest BCUT2D eigenvalue weighted by molar-refractivity contribution is -0.757. The molecule has 0 bridgehead atoms. The zero-order chi connectivity index (χ0) is 8.59. The van der Waals surface area contributed by atoms with Crippen LogP contribution in [0.5, 0.6) is 0 Å². The zero-order valence-corrected chi connectivity index (χ0v) is 9.45. The fourth-order valence-corrected chi connectivity index (χ4v) is 1.42. The number of aryl methyl sites for hydroxylation is 1. The molecule has 0 aliphatic rings. The molecule has 0 atom stereocenters. The Labute approximate surface area is 88.5 Å². The van der Waals surface area contributed by atoms with Crippen molar-refractivity contribution in [3.8, 4) is 0 Å². The Bertz CT molecular complexity index is 268. The summed E-state index contributed by atoms with van der Waals surface area (Å²) >= 11 is 11.4. The van der Waals surface area contributed by atoms with E-state index < -0.39 is 4.84 Å². The molecule has 1 aromatic heterocycles. The van der Waals surface area contributed by atoms with Crippen molar-refractivity contribution in [2.75, 3.05) is 0 Å². The predicted molar refractivity (Wildman–Crippen MR) is 45.8 cm³/mol. The molecular formula is C7H11Cl3N2. The molecule has 0 unspecified atom stereocenters. The molecule has 0 N–H and O–H groups in total. The van der Waals surface area contributed by atoms with Crippen molar-refractivity contribution in [3.63, 3.8) is 0 Å². The monoisotopic (exact) mass is 228 g/mol. The molecule has 70 valence electrons. The normalized spacial score (nSPS) is 10.2. The number of aromatic nitrogens is 2. The predicted octanol–water partition coefficient (Wildman–Crippen LogP) is -1.36. The minimum Gasteiger partial charge on any atom is -1.00 e. The van der Waals surface area contributed by atoms with E-state index in [0.29, 0.717) is 0 Å². The molecule has 5 heteroatoms. The summed E-state index contributed by atoms with van der Waals surface area (Å²) in [6, 6.07) is 1.98. The van der Waals surface area contributed by atoms with Gasteiger partial charge >= 0.3 is 0 Å². The third-order valence-corrected chi connectivity index (χ3v) is 2.36. The number of alkyl halides is 2. The summed E-state index contributed by atoms with van der Waals surface area (Å²) in [6.07, 6.45) is 0. The summed E-state index contributed by atoms with van der Waals surface area (Å²) in [6.45, 7) is 2.01. The Hall–Kier alpha value is 0.0800. The van der Waals surface area contributed by atoms with Gasteiger partial charge in [0.2, 0.25) is 5.69 Å². The van der Waals surface area contributed by atoms with E-state index in [1.807, 2.05) is 36.4 Å². The number of hydrogen-bond donors (Lipinski definition) is 0. The van der Waals surface area contributed by atoms with Crippen molar-refractivity contribution in [2.24, 2.45) is 14.1 Å². The van der Waals surface area contributed by atoms with Crippen molar-refractivity contribution in [3.05, 3.63) is 17.5 Å². The average molecular weight is 230 g/mol. The SMILES string of the molecule is Cc1cc(C(Cl)Cl)[n+](C)n1C.[Cl-].